The van der Waals surface area contributed by atoms with Crippen LogP contribution in [0, 0.1) is 3.57 Å². The number of ether oxygens (including phenoxy) is 5. The van der Waals surface area contributed by atoms with Crippen LogP contribution in [0.25, 0.3) is 0 Å². The van der Waals surface area contributed by atoms with Crippen LogP contribution < -0.4 is 24.3 Å². The molecule has 0 unspecified atom stereocenters. The van der Waals surface area contributed by atoms with Gasteiger partial charge in [-0.25, -0.2) is 4.79 Å². The maximum absolute atomic E-state index is 11.9. The van der Waals surface area contributed by atoms with Crippen LogP contribution in [0.4, 0.5) is 4.79 Å². The SMILES string of the molecule is COc1ccc(COC(=O)NCCc2cc3c(c(OC)c2I)OCO3)cc1. The van der Waals surface area contributed by atoms with Gasteiger partial charge in [-0.05, 0) is 58.3 Å². The fourth-order valence-electron chi connectivity index (χ4n) is 2.63. The molecule has 2 aromatic carbocycles. The van der Waals surface area contributed by atoms with E-state index in [2.05, 4.69) is 27.9 Å². The van der Waals surface area contributed by atoms with Gasteiger partial charge in [-0.1, -0.05) is 12.1 Å². The molecule has 0 spiro atoms. The first kappa shape index (κ1) is 19.4. The zero-order valence-electron chi connectivity index (χ0n) is 15.0. The quantitative estimate of drug-likeness (QED) is 0.606. The molecule has 1 aliphatic rings. The second kappa shape index (κ2) is 9.03. The van der Waals surface area contributed by atoms with Gasteiger partial charge in [0.1, 0.15) is 12.4 Å². The van der Waals surface area contributed by atoms with E-state index >= 15 is 0 Å². The number of carbonyl (C=O) groups excluding carboxylic acids is 1. The highest BCUT2D eigenvalue weighted by atomic mass is 127. The highest BCUT2D eigenvalue weighted by molar-refractivity contribution is 14.1. The molecule has 0 aromatic heterocycles. The molecular weight excluding hydrogens is 465 g/mol. The summed E-state index contributed by atoms with van der Waals surface area (Å²) in [6, 6.07) is 9.27. The Morgan fingerprint density at radius 3 is 2.67 bits per heavy atom. The molecule has 7 nitrogen and oxygen atoms in total. The van der Waals surface area contributed by atoms with Crippen molar-refractivity contribution < 1.29 is 28.5 Å². The minimum atomic E-state index is -0.464. The Morgan fingerprint density at radius 2 is 1.96 bits per heavy atom. The van der Waals surface area contributed by atoms with E-state index in [1.54, 1.807) is 14.2 Å². The van der Waals surface area contributed by atoms with Crippen LogP contribution in [-0.2, 0) is 17.8 Å². The van der Waals surface area contributed by atoms with Gasteiger partial charge in [0, 0.05) is 6.54 Å². The summed E-state index contributed by atoms with van der Waals surface area (Å²) in [5.41, 5.74) is 1.90. The fraction of sp³-hybridized carbons (Fsp3) is 0.316. The number of halogens is 1. The first-order valence-corrected chi connectivity index (χ1v) is 9.38. The smallest absolute Gasteiger partial charge is 0.407 e. The number of amides is 1. The molecule has 0 aliphatic carbocycles. The monoisotopic (exact) mass is 485 g/mol. The lowest BCUT2D eigenvalue weighted by Crippen LogP contribution is -2.26. The molecule has 1 heterocycles. The molecule has 144 valence electrons. The molecule has 0 fully saturated rings. The standard InChI is InChI=1S/C19H20INO6/c1-23-14-5-3-12(4-6-14)10-25-19(22)21-8-7-13-9-15-17(27-11-26-15)18(24-2)16(13)20/h3-6,9H,7-8,10-11H2,1-2H3,(H,21,22). The van der Waals surface area contributed by atoms with E-state index in [1.165, 1.54) is 0 Å². The average molecular weight is 485 g/mol. The second-order valence-electron chi connectivity index (χ2n) is 5.72. The molecule has 0 atom stereocenters. The molecule has 0 bridgehead atoms. The number of hydrogen-bond acceptors (Lipinski definition) is 6. The summed E-state index contributed by atoms with van der Waals surface area (Å²) in [5, 5.41) is 2.75. The van der Waals surface area contributed by atoms with Crippen LogP contribution >= 0.6 is 22.6 Å². The first-order chi connectivity index (χ1) is 13.1. The van der Waals surface area contributed by atoms with Crippen molar-refractivity contribution in [2.75, 3.05) is 27.6 Å². The second-order valence-corrected chi connectivity index (χ2v) is 6.80. The van der Waals surface area contributed by atoms with Crippen LogP contribution in [0.3, 0.4) is 0 Å². The number of benzene rings is 2. The molecule has 0 saturated carbocycles. The van der Waals surface area contributed by atoms with Gasteiger partial charge in [-0.2, -0.15) is 0 Å². The van der Waals surface area contributed by atoms with Gasteiger partial charge in [-0.3, -0.25) is 0 Å². The average Bonchev–Trinajstić information content (AvgIpc) is 3.15. The zero-order chi connectivity index (χ0) is 19.2. The van der Waals surface area contributed by atoms with E-state index < -0.39 is 6.09 Å². The third kappa shape index (κ3) is 4.68. The Morgan fingerprint density at radius 1 is 1.19 bits per heavy atom. The number of methoxy groups -OCH3 is 2. The molecule has 3 rings (SSSR count). The topological polar surface area (TPSA) is 75.3 Å². The van der Waals surface area contributed by atoms with Gasteiger partial charge >= 0.3 is 6.09 Å². The number of alkyl carbamates (subject to hydrolysis) is 1. The summed E-state index contributed by atoms with van der Waals surface area (Å²) >= 11 is 2.21. The molecule has 1 aliphatic heterocycles. The lowest BCUT2D eigenvalue weighted by Gasteiger charge is -2.12. The van der Waals surface area contributed by atoms with E-state index in [-0.39, 0.29) is 13.4 Å². The van der Waals surface area contributed by atoms with E-state index in [0.29, 0.717) is 30.2 Å². The molecule has 8 heteroatoms. The number of hydrogen-bond donors (Lipinski definition) is 1. The van der Waals surface area contributed by atoms with E-state index in [4.69, 9.17) is 23.7 Å². The summed E-state index contributed by atoms with van der Waals surface area (Å²) in [4.78, 5) is 11.9. The third-order valence-electron chi connectivity index (χ3n) is 4.03. The molecular formula is C19H20INO6. The van der Waals surface area contributed by atoms with Crippen LogP contribution in [0.2, 0.25) is 0 Å². The van der Waals surface area contributed by atoms with Gasteiger partial charge in [0.2, 0.25) is 12.5 Å². The normalized spacial score (nSPS) is 11.8. The molecule has 27 heavy (non-hydrogen) atoms. The van der Waals surface area contributed by atoms with Gasteiger partial charge < -0.3 is 29.0 Å². The van der Waals surface area contributed by atoms with Crippen LogP contribution in [0.5, 0.6) is 23.0 Å². The summed E-state index contributed by atoms with van der Waals surface area (Å²) in [6.07, 6.45) is 0.150. The Hall–Kier alpha value is -2.36. The first-order valence-electron chi connectivity index (χ1n) is 8.31. The Bertz CT molecular complexity index is 809. The zero-order valence-corrected chi connectivity index (χ0v) is 17.2. The fourth-order valence-corrected chi connectivity index (χ4v) is 3.52. The highest BCUT2D eigenvalue weighted by Gasteiger charge is 2.24. The number of rotatable bonds is 7. The van der Waals surface area contributed by atoms with Gasteiger partial charge in [-0.15, -0.1) is 0 Å². The van der Waals surface area contributed by atoms with Crippen LogP contribution in [-0.4, -0.2) is 33.7 Å². The van der Waals surface area contributed by atoms with Crippen molar-refractivity contribution in [1.82, 2.24) is 5.32 Å². The molecule has 1 amide bonds. The van der Waals surface area contributed by atoms with Crippen molar-refractivity contribution in [2.24, 2.45) is 0 Å². The van der Waals surface area contributed by atoms with Gasteiger partial charge in [0.15, 0.2) is 11.5 Å². The predicted molar refractivity (Wildman–Crippen MR) is 107 cm³/mol. The Labute approximate surface area is 171 Å². The number of fused-ring (bicyclic) bond motifs is 1. The molecule has 1 N–H and O–H groups in total. The summed E-state index contributed by atoms with van der Waals surface area (Å²) < 4.78 is 27.6. The van der Waals surface area contributed by atoms with Crippen molar-refractivity contribution in [2.45, 2.75) is 13.0 Å². The lowest BCUT2D eigenvalue weighted by atomic mass is 10.1. The lowest BCUT2D eigenvalue weighted by molar-refractivity contribution is 0.140. The molecule has 2 aromatic rings. The Kier molecular flexibility index (Phi) is 6.49. The van der Waals surface area contributed by atoms with Gasteiger partial charge in [0.25, 0.3) is 0 Å². The van der Waals surface area contributed by atoms with E-state index in [0.717, 1.165) is 20.4 Å². The van der Waals surface area contributed by atoms with Crippen LogP contribution in [0.15, 0.2) is 30.3 Å². The maximum Gasteiger partial charge on any atom is 0.407 e. The van der Waals surface area contributed by atoms with Crippen molar-refractivity contribution in [3.63, 3.8) is 0 Å². The molecule has 0 saturated heterocycles. The molecule has 0 radical (unpaired) electrons. The minimum absolute atomic E-state index is 0.182. The van der Waals surface area contributed by atoms with Crippen molar-refractivity contribution >= 4 is 28.7 Å². The Balaban J connectivity index is 1.50. The summed E-state index contributed by atoms with van der Waals surface area (Å²) in [6.45, 7) is 0.812. The number of nitrogens with one attached hydrogen (secondary N) is 1. The van der Waals surface area contributed by atoms with Crippen molar-refractivity contribution in [3.8, 4) is 23.0 Å². The van der Waals surface area contributed by atoms with Crippen molar-refractivity contribution in [3.05, 3.63) is 45.0 Å². The maximum atomic E-state index is 11.9. The van der Waals surface area contributed by atoms with Crippen molar-refractivity contribution in [1.29, 1.82) is 0 Å². The number of carbonyl (C=O) groups is 1. The van der Waals surface area contributed by atoms with Crippen LogP contribution in [0.1, 0.15) is 11.1 Å². The third-order valence-corrected chi connectivity index (χ3v) is 5.21. The summed E-state index contributed by atoms with van der Waals surface area (Å²) in [5.74, 6) is 2.70. The van der Waals surface area contributed by atoms with Gasteiger partial charge in [0.05, 0.1) is 17.8 Å². The largest absolute Gasteiger partial charge is 0.497 e. The van der Waals surface area contributed by atoms with E-state index in [9.17, 15) is 4.79 Å². The minimum Gasteiger partial charge on any atom is -0.497 e. The predicted octanol–water partition coefficient (Wildman–Crippen LogP) is 3.51. The highest BCUT2D eigenvalue weighted by Crippen LogP contribution is 2.45. The van der Waals surface area contributed by atoms with E-state index in [1.807, 2.05) is 30.3 Å². The summed E-state index contributed by atoms with van der Waals surface area (Å²) in [7, 11) is 3.20.